The SMILES string of the molecule is COc1cc(NC(=O)C(O)CN)c(OC)cc1C. The summed E-state index contributed by atoms with van der Waals surface area (Å²) in [4.78, 5) is 11.6. The number of aliphatic hydroxyl groups excluding tert-OH is 1. The molecule has 1 amide bonds. The van der Waals surface area contributed by atoms with E-state index in [9.17, 15) is 9.90 Å². The van der Waals surface area contributed by atoms with E-state index in [1.165, 1.54) is 14.2 Å². The number of amides is 1. The highest BCUT2D eigenvalue weighted by atomic mass is 16.5. The van der Waals surface area contributed by atoms with E-state index in [1.807, 2.05) is 6.92 Å². The fourth-order valence-electron chi connectivity index (χ4n) is 1.47. The summed E-state index contributed by atoms with van der Waals surface area (Å²) in [5.41, 5.74) is 6.52. The van der Waals surface area contributed by atoms with E-state index in [-0.39, 0.29) is 6.54 Å². The first-order valence-electron chi connectivity index (χ1n) is 5.45. The van der Waals surface area contributed by atoms with Crippen molar-refractivity contribution >= 4 is 11.6 Å². The fourth-order valence-corrected chi connectivity index (χ4v) is 1.47. The van der Waals surface area contributed by atoms with E-state index >= 15 is 0 Å². The molecule has 1 rings (SSSR count). The molecule has 0 aliphatic heterocycles. The molecule has 0 radical (unpaired) electrons. The van der Waals surface area contributed by atoms with Gasteiger partial charge in [0.05, 0.1) is 19.9 Å². The minimum Gasteiger partial charge on any atom is -0.496 e. The van der Waals surface area contributed by atoms with Crippen LogP contribution in [0.1, 0.15) is 5.56 Å². The average Bonchev–Trinajstić information content (AvgIpc) is 2.38. The smallest absolute Gasteiger partial charge is 0.254 e. The summed E-state index contributed by atoms with van der Waals surface area (Å²) in [5.74, 6) is 0.529. The van der Waals surface area contributed by atoms with E-state index in [1.54, 1.807) is 12.1 Å². The number of hydrogen-bond donors (Lipinski definition) is 3. The summed E-state index contributed by atoms with van der Waals surface area (Å²) in [7, 11) is 3.03. The maximum absolute atomic E-state index is 11.6. The molecule has 1 atom stereocenters. The van der Waals surface area contributed by atoms with E-state index in [0.29, 0.717) is 17.2 Å². The number of anilines is 1. The molecule has 0 heterocycles. The van der Waals surface area contributed by atoms with Crippen molar-refractivity contribution in [2.24, 2.45) is 5.73 Å². The van der Waals surface area contributed by atoms with Crippen LogP contribution in [0.3, 0.4) is 0 Å². The van der Waals surface area contributed by atoms with Gasteiger partial charge in [0.15, 0.2) is 0 Å². The molecule has 0 aromatic heterocycles. The lowest BCUT2D eigenvalue weighted by Gasteiger charge is -2.15. The summed E-state index contributed by atoms with van der Waals surface area (Å²) < 4.78 is 10.3. The molecule has 0 fully saturated rings. The Morgan fingerprint density at radius 3 is 2.50 bits per heavy atom. The lowest BCUT2D eigenvalue weighted by Crippen LogP contribution is -2.34. The maximum atomic E-state index is 11.6. The molecule has 1 unspecified atom stereocenters. The highest BCUT2D eigenvalue weighted by Gasteiger charge is 2.16. The third-order valence-corrected chi connectivity index (χ3v) is 2.50. The van der Waals surface area contributed by atoms with Crippen molar-refractivity contribution in [3.05, 3.63) is 17.7 Å². The van der Waals surface area contributed by atoms with Crippen LogP contribution in [-0.4, -0.2) is 37.9 Å². The van der Waals surface area contributed by atoms with Crippen molar-refractivity contribution in [3.8, 4) is 11.5 Å². The molecule has 6 heteroatoms. The Morgan fingerprint density at radius 1 is 1.39 bits per heavy atom. The van der Waals surface area contributed by atoms with Crippen molar-refractivity contribution in [2.45, 2.75) is 13.0 Å². The molecule has 6 nitrogen and oxygen atoms in total. The van der Waals surface area contributed by atoms with E-state index in [0.717, 1.165) is 5.56 Å². The van der Waals surface area contributed by atoms with Gasteiger partial charge in [-0.2, -0.15) is 0 Å². The molecule has 0 saturated heterocycles. The van der Waals surface area contributed by atoms with Crippen molar-refractivity contribution in [3.63, 3.8) is 0 Å². The van der Waals surface area contributed by atoms with Gasteiger partial charge in [0.2, 0.25) is 0 Å². The van der Waals surface area contributed by atoms with E-state index in [4.69, 9.17) is 15.2 Å². The summed E-state index contributed by atoms with van der Waals surface area (Å²) in [6.07, 6.45) is -1.25. The zero-order valence-electron chi connectivity index (χ0n) is 10.7. The Labute approximate surface area is 106 Å². The van der Waals surface area contributed by atoms with E-state index < -0.39 is 12.0 Å². The molecule has 100 valence electrons. The zero-order valence-corrected chi connectivity index (χ0v) is 10.7. The fraction of sp³-hybridized carbons (Fsp3) is 0.417. The third-order valence-electron chi connectivity index (χ3n) is 2.50. The van der Waals surface area contributed by atoms with Gasteiger partial charge in [0.1, 0.15) is 17.6 Å². The number of ether oxygens (including phenoxy) is 2. The molecule has 18 heavy (non-hydrogen) atoms. The van der Waals surface area contributed by atoms with Crippen LogP contribution in [0.15, 0.2) is 12.1 Å². The van der Waals surface area contributed by atoms with E-state index in [2.05, 4.69) is 5.32 Å². The first-order chi connectivity index (χ1) is 8.53. The van der Waals surface area contributed by atoms with Gasteiger partial charge < -0.3 is 25.6 Å². The summed E-state index contributed by atoms with van der Waals surface area (Å²) >= 11 is 0. The first-order valence-corrected chi connectivity index (χ1v) is 5.45. The van der Waals surface area contributed by atoms with Crippen LogP contribution in [0.2, 0.25) is 0 Å². The second-order valence-corrected chi connectivity index (χ2v) is 3.76. The number of methoxy groups -OCH3 is 2. The van der Waals surface area contributed by atoms with Gasteiger partial charge in [0.25, 0.3) is 5.91 Å². The monoisotopic (exact) mass is 254 g/mol. The molecule has 0 saturated carbocycles. The molecule has 0 aliphatic carbocycles. The Balaban J connectivity index is 3.03. The van der Waals surface area contributed by atoms with Crippen molar-refractivity contribution < 1.29 is 19.4 Å². The first kappa shape index (κ1) is 14.3. The lowest BCUT2D eigenvalue weighted by atomic mass is 10.1. The van der Waals surface area contributed by atoms with Crippen molar-refractivity contribution in [1.82, 2.24) is 0 Å². The molecular weight excluding hydrogens is 236 g/mol. The zero-order chi connectivity index (χ0) is 13.7. The third kappa shape index (κ3) is 3.12. The second kappa shape index (κ2) is 6.23. The Hall–Kier alpha value is -1.79. The van der Waals surface area contributed by atoms with Gasteiger partial charge in [-0.1, -0.05) is 0 Å². The number of nitrogens with two attached hydrogens (primary N) is 1. The maximum Gasteiger partial charge on any atom is 0.254 e. The van der Waals surface area contributed by atoms with Gasteiger partial charge >= 0.3 is 0 Å². The quantitative estimate of drug-likeness (QED) is 0.701. The number of nitrogens with one attached hydrogen (secondary N) is 1. The molecule has 0 spiro atoms. The number of carbonyl (C=O) groups is 1. The highest BCUT2D eigenvalue weighted by Crippen LogP contribution is 2.32. The summed E-state index contributed by atoms with van der Waals surface area (Å²) in [5, 5.41) is 11.9. The van der Waals surface area contributed by atoms with Crippen LogP contribution in [0, 0.1) is 6.92 Å². The topological polar surface area (TPSA) is 93.8 Å². The van der Waals surface area contributed by atoms with Crippen molar-refractivity contribution in [2.75, 3.05) is 26.1 Å². The number of hydrogen-bond acceptors (Lipinski definition) is 5. The van der Waals surface area contributed by atoms with Gasteiger partial charge in [-0.15, -0.1) is 0 Å². The van der Waals surface area contributed by atoms with Crippen molar-refractivity contribution in [1.29, 1.82) is 0 Å². The minimum absolute atomic E-state index is 0.142. The Kier molecular flexibility index (Phi) is 4.94. The molecule has 1 aromatic carbocycles. The minimum atomic E-state index is -1.25. The number of carbonyl (C=O) groups excluding carboxylic acids is 1. The molecule has 4 N–H and O–H groups in total. The predicted octanol–water partition coefficient (Wildman–Crippen LogP) is 0.270. The van der Waals surface area contributed by atoms with Crippen LogP contribution < -0.4 is 20.5 Å². The number of benzene rings is 1. The standard InChI is InChI=1S/C12H18N2O4/c1-7-4-11(18-3)8(5-10(7)17-2)14-12(16)9(15)6-13/h4-5,9,15H,6,13H2,1-3H3,(H,14,16). The predicted molar refractivity (Wildman–Crippen MR) is 68.0 cm³/mol. The van der Waals surface area contributed by atoms with Crippen LogP contribution in [0.4, 0.5) is 5.69 Å². The summed E-state index contributed by atoms with van der Waals surface area (Å²) in [6.45, 7) is 1.72. The largest absolute Gasteiger partial charge is 0.496 e. The van der Waals surface area contributed by atoms with Crippen LogP contribution in [-0.2, 0) is 4.79 Å². The van der Waals surface area contributed by atoms with Gasteiger partial charge in [0, 0.05) is 12.6 Å². The highest BCUT2D eigenvalue weighted by molar-refractivity contribution is 5.95. The summed E-state index contributed by atoms with van der Waals surface area (Å²) in [6, 6.07) is 3.37. The van der Waals surface area contributed by atoms with Crippen LogP contribution >= 0.6 is 0 Å². The Bertz CT molecular complexity index is 434. The molecule has 0 bridgehead atoms. The molecule has 1 aromatic rings. The molecular formula is C12H18N2O4. The van der Waals surface area contributed by atoms with Gasteiger partial charge in [-0.25, -0.2) is 0 Å². The second-order valence-electron chi connectivity index (χ2n) is 3.76. The Morgan fingerprint density at radius 2 is 2.00 bits per heavy atom. The average molecular weight is 254 g/mol. The molecule has 0 aliphatic rings. The number of rotatable bonds is 5. The number of aliphatic hydroxyl groups is 1. The van der Waals surface area contributed by atoms with Crippen LogP contribution in [0.5, 0.6) is 11.5 Å². The normalized spacial score (nSPS) is 11.8. The van der Waals surface area contributed by atoms with Gasteiger partial charge in [-0.05, 0) is 18.6 Å². The lowest BCUT2D eigenvalue weighted by molar-refractivity contribution is -0.123. The number of aryl methyl sites for hydroxylation is 1. The van der Waals surface area contributed by atoms with Gasteiger partial charge in [-0.3, -0.25) is 4.79 Å². The van der Waals surface area contributed by atoms with Crippen LogP contribution in [0.25, 0.3) is 0 Å².